The molecule has 0 radical (unpaired) electrons. The standard InChI is InChI=1S/C16H13Cl2IN2O3/c1-23-10-5-6-15(14(19)7-10)24-9-16(22)21-20-8-11-12(17)3-2-4-13(11)18/h2-8H,9H2,1H3,(H,21,22)/b20-8-. The molecule has 0 saturated carbocycles. The zero-order valence-electron chi connectivity index (χ0n) is 12.6. The molecule has 0 fully saturated rings. The van der Waals surface area contributed by atoms with Gasteiger partial charge in [0.1, 0.15) is 11.5 Å². The summed E-state index contributed by atoms with van der Waals surface area (Å²) in [4.78, 5) is 11.8. The fourth-order valence-electron chi connectivity index (χ4n) is 1.70. The topological polar surface area (TPSA) is 59.9 Å². The molecule has 24 heavy (non-hydrogen) atoms. The second-order valence-corrected chi connectivity index (χ2v) is 6.49. The maximum Gasteiger partial charge on any atom is 0.277 e. The van der Waals surface area contributed by atoms with Crippen LogP contribution in [0, 0.1) is 3.57 Å². The monoisotopic (exact) mass is 478 g/mol. The number of nitrogens with one attached hydrogen (secondary N) is 1. The first kappa shape index (κ1) is 18.8. The van der Waals surface area contributed by atoms with E-state index in [9.17, 15) is 4.79 Å². The van der Waals surface area contributed by atoms with Gasteiger partial charge in [0.2, 0.25) is 0 Å². The molecule has 0 aromatic heterocycles. The normalized spacial score (nSPS) is 10.7. The van der Waals surface area contributed by atoms with E-state index >= 15 is 0 Å². The predicted octanol–water partition coefficient (Wildman–Crippen LogP) is 4.14. The van der Waals surface area contributed by atoms with Crippen LogP contribution in [0.1, 0.15) is 5.56 Å². The second-order valence-electron chi connectivity index (χ2n) is 4.51. The van der Waals surface area contributed by atoms with Gasteiger partial charge in [0.05, 0.1) is 26.9 Å². The largest absolute Gasteiger partial charge is 0.497 e. The summed E-state index contributed by atoms with van der Waals surface area (Å²) in [5, 5.41) is 4.73. The quantitative estimate of drug-likeness (QED) is 0.385. The second kappa shape index (κ2) is 9.10. The smallest absolute Gasteiger partial charge is 0.277 e. The van der Waals surface area contributed by atoms with Crippen LogP contribution in [0.25, 0.3) is 0 Å². The van der Waals surface area contributed by atoms with Crippen LogP contribution < -0.4 is 14.9 Å². The number of methoxy groups -OCH3 is 1. The summed E-state index contributed by atoms with van der Waals surface area (Å²) in [7, 11) is 1.59. The van der Waals surface area contributed by atoms with E-state index in [2.05, 4.69) is 33.1 Å². The van der Waals surface area contributed by atoms with E-state index in [1.54, 1.807) is 37.4 Å². The SMILES string of the molecule is COc1ccc(OCC(=O)N/N=C\c2c(Cl)cccc2Cl)c(I)c1. The average Bonchev–Trinajstić information content (AvgIpc) is 2.56. The molecule has 0 aliphatic rings. The molecule has 2 rings (SSSR count). The number of hydrazone groups is 1. The van der Waals surface area contributed by atoms with Crippen LogP contribution in [0.4, 0.5) is 0 Å². The molecule has 5 nitrogen and oxygen atoms in total. The lowest BCUT2D eigenvalue weighted by molar-refractivity contribution is -0.123. The Morgan fingerprint density at radius 3 is 2.62 bits per heavy atom. The van der Waals surface area contributed by atoms with Gasteiger partial charge in [0, 0.05) is 5.56 Å². The van der Waals surface area contributed by atoms with Crippen molar-refractivity contribution in [3.63, 3.8) is 0 Å². The van der Waals surface area contributed by atoms with Gasteiger partial charge in [-0.3, -0.25) is 4.79 Å². The highest BCUT2D eigenvalue weighted by molar-refractivity contribution is 14.1. The number of hydrogen-bond acceptors (Lipinski definition) is 4. The lowest BCUT2D eigenvalue weighted by atomic mass is 10.2. The van der Waals surface area contributed by atoms with E-state index in [1.165, 1.54) is 6.21 Å². The maximum absolute atomic E-state index is 11.8. The molecule has 0 saturated heterocycles. The molecule has 2 aromatic rings. The van der Waals surface area contributed by atoms with Crippen molar-refractivity contribution in [2.75, 3.05) is 13.7 Å². The van der Waals surface area contributed by atoms with Gasteiger partial charge in [-0.15, -0.1) is 0 Å². The first-order valence-electron chi connectivity index (χ1n) is 6.73. The third-order valence-electron chi connectivity index (χ3n) is 2.88. The maximum atomic E-state index is 11.8. The molecule has 1 amide bonds. The molecule has 0 bridgehead atoms. The minimum absolute atomic E-state index is 0.171. The number of halogens is 3. The number of nitrogens with zero attached hydrogens (tertiary/aromatic N) is 1. The average molecular weight is 479 g/mol. The zero-order valence-corrected chi connectivity index (χ0v) is 16.2. The van der Waals surface area contributed by atoms with Gasteiger partial charge in [-0.1, -0.05) is 29.3 Å². The Balaban J connectivity index is 1.89. The van der Waals surface area contributed by atoms with Crippen molar-refractivity contribution >= 4 is 57.9 Å². The number of amides is 1. The molecular formula is C16H13Cl2IN2O3. The van der Waals surface area contributed by atoms with Crippen LogP contribution in [-0.4, -0.2) is 25.8 Å². The number of carbonyl (C=O) groups excluding carboxylic acids is 1. The number of carbonyl (C=O) groups is 1. The van der Waals surface area contributed by atoms with E-state index in [0.29, 0.717) is 21.4 Å². The molecule has 1 N–H and O–H groups in total. The van der Waals surface area contributed by atoms with Crippen molar-refractivity contribution in [3.8, 4) is 11.5 Å². The first-order chi connectivity index (χ1) is 11.5. The van der Waals surface area contributed by atoms with Gasteiger partial charge in [-0.2, -0.15) is 5.10 Å². The third-order valence-corrected chi connectivity index (χ3v) is 4.38. The van der Waals surface area contributed by atoms with Crippen LogP contribution in [0.3, 0.4) is 0 Å². The Hall–Kier alpha value is -1.51. The molecule has 0 heterocycles. The van der Waals surface area contributed by atoms with Gasteiger partial charge in [-0.05, 0) is 52.9 Å². The molecule has 0 spiro atoms. The van der Waals surface area contributed by atoms with E-state index in [0.717, 1.165) is 9.32 Å². The van der Waals surface area contributed by atoms with Crippen molar-refractivity contribution in [1.29, 1.82) is 0 Å². The summed E-state index contributed by atoms with van der Waals surface area (Å²) in [6, 6.07) is 10.4. The molecule has 0 aliphatic carbocycles. The molecule has 8 heteroatoms. The van der Waals surface area contributed by atoms with E-state index < -0.39 is 5.91 Å². The summed E-state index contributed by atoms with van der Waals surface area (Å²) in [5.41, 5.74) is 2.89. The number of ether oxygens (including phenoxy) is 2. The summed E-state index contributed by atoms with van der Waals surface area (Å²) in [6.07, 6.45) is 1.39. The number of hydrogen-bond donors (Lipinski definition) is 1. The molecule has 2 aromatic carbocycles. The lowest BCUT2D eigenvalue weighted by Gasteiger charge is -2.08. The number of benzene rings is 2. The van der Waals surface area contributed by atoms with Crippen molar-refractivity contribution < 1.29 is 14.3 Å². The van der Waals surface area contributed by atoms with Crippen LogP contribution in [0.15, 0.2) is 41.5 Å². The van der Waals surface area contributed by atoms with E-state index in [4.69, 9.17) is 32.7 Å². The van der Waals surface area contributed by atoms with Crippen LogP contribution in [0.2, 0.25) is 10.0 Å². The fourth-order valence-corrected chi connectivity index (χ4v) is 2.84. The van der Waals surface area contributed by atoms with Gasteiger partial charge in [0.15, 0.2) is 6.61 Å². The summed E-state index contributed by atoms with van der Waals surface area (Å²) in [6.45, 7) is -0.171. The molecule has 0 aliphatic heterocycles. The summed E-state index contributed by atoms with van der Waals surface area (Å²) in [5.74, 6) is 0.906. The predicted molar refractivity (Wildman–Crippen MR) is 103 cm³/mol. The Labute approximate surface area is 163 Å². The fraction of sp³-hybridized carbons (Fsp3) is 0.125. The van der Waals surface area contributed by atoms with Gasteiger partial charge in [-0.25, -0.2) is 5.43 Å². The van der Waals surface area contributed by atoms with Crippen LogP contribution >= 0.6 is 45.8 Å². The van der Waals surface area contributed by atoms with Crippen molar-refractivity contribution in [3.05, 3.63) is 55.6 Å². The van der Waals surface area contributed by atoms with Crippen LogP contribution in [0.5, 0.6) is 11.5 Å². The highest BCUT2D eigenvalue weighted by Gasteiger charge is 2.07. The molecular weight excluding hydrogens is 466 g/mol. The third kappa shape index (κ3) is 5.25. The lowest BCUT2D eigenvalue weighted by Crippen LogP contribution is -2.24. The summed E-state index contributed by atoms with van der Waals surface area (Å²) >= 11 is 14.1. The van der Waals surface area contributed by atoms with Crippen molar-refractivity contribution in [2.45, 2.75) is 0 Å². The van der Waals surface area contributed by atoms with Gasteiger partial charge < -0.3 is 9.47 Å². The summed E-state index contributed by atoms with van der Waals surface area (Å²) < 4.78 is 11.4. The van der Waals surface area contributed by atoms with Gasteiger partial charge >= 0.3 is 0 Å². The van der Waals surface area contributed by atoms with E-state index in [1.807, 2.05) is 6.07 Å². The van der Waals surface area contributed by atoms with Crippen LogP contribution in [-0.2, 0) is 4.79 Å². The Morgan fingerprint density at radius 1 is 1.29 bits per heavy atom. The minimum Gasteiger partial charge on any atom is -0.497 e. The van der Waals surface area contributed by atoms with E-state index in [-0.39, 0.29) is 6.61 Å². The van der Waals surface area contributed by atoms with Gasteiger partial charge in [0.25, 0.3) is 5.91 Å². The number of rotatable bonds is 6. The molecule has 0 atom stereocenters. The Kier molecular flexibility index (Phi) is 7.14. The zero-order chi connectivity index (χ0) is 17.5. The first-order valence-corrected chi connectivity index (χ1v) is 8.57. The molecule has 0 unspecified atom stereocenters. The van der Waals surface area contributed by atoms with Crippen molar-refractivity contribution in [1.82, 2.24) is 5.43 Å². The minimum atomic E-state index is -0.402. The Morgan fingerprint density at radius 2 is 2.00 bits per heavy atom. The molecule has 126 valence electrons. The highest BCUT2D eigenvalue weighted by atomic mass is 127. The Bertz CT molecular complexity index is 749. The highest BCUT2D eigenvalue weighted by Crippen LogP contribution is 2.25. The van der Waals surface area contributed by atoms with Crippen molar-refractivity contribution in [2.24, 2.45) is 5.10 Å².